The molecule has 6 nitrogen and oxygen atoms in total. The topological polar surface area (TPSA) is 65.0 Å². The van der Waals surface area contributed by atoms with Gasteiger partial charge in [0, 0.05) is 0 Å². The van der Waals surface area contributed by atoms with Crippen molar-refractivity contribution in [1.82, 2.24) is 4.67 Å². The summed E-state index contributed by atoms with van der Waals surface area (Å²) < 4.78 is 128. The van der Waals surface area contributed by atoms with Gasteiger partial charge in [-0.15, -0.1) is 56.2 Å². The third-order valence-corrected chi connectivity index (χ3v) is 11.3. The summed E-state index contributed by atoms with van der Waals surface area (Å²) in [6.07, 6.45) is 0. The maximum atomic E-state index is 14.1. The van der Waals surface area contributed by atoms with E-state index in [1.54, 1.807) is 0 Å². The molecule has 0 aromatic heterocycles. The van der Waals surface area contributed by atoms with Crippen molar-refractivity contribution in [2.45, 2.75) is 0 Å². The predicted octanol–water partition coefficient (Wildman–Crippen LogP) is 9.02. The van der Waals surface area contributed by atoms with Crippen molar-refractivity contribution in [3.63, 3.8) is 0 Å². The van der Waals surface area contributed by atoms with Crippen LogP contribution in [0.5, 0.6) is 0 Å². The van der Waals surface area contributed by atoms with Crippen molar-refractivity contribution in [3.05, 3.63) is 0 Å². The SMILES string of the molecule is CN(C)P1(F)=NP(F)(F)=NP(F)(F)=NP(F)(F)=NP(F)(F)=N1. The van der Waals surface area contributed by atoms with Crippen LogP contribution >= 0.6 is 39.0 Å². The fourth-order valence-electron chi connectivity index (χ4n) is 0.912. The van der Waals surface area contributed by atoms with Crippen LogP contribution in [0.25, 0.3) is 0 Å². The second kappa shape index (κ2) is 6.08. The molecule has 0 bridgehead atoms. The first-order valence-corrected chi connectivity index (χ1v) is 12.1. The molecule has 0 aromatic rings. The molecule has 0 spiro atoms. The zero-order valence-corrected chi connectivity index (χ0v) is 14.8. The van der Waals surface area contributed by atoms with Gasteiger partial charge in [-0.25, -0.2) is 4.67 Å². The van der Waals surface area contributed by atoms with E-state index in [9.17, 15) is 37.8 Å². The average Bonchev–Trinajstić information content (AvgIpc) is 2.04. The van der Waals surface area contributed by atoms with Crippen LogP contribution < -0.4 is 0 Å². The summed E-state index contributed by atoms with van der Waals surface area (Å²) in [7, 11) is -30.8. The largest absolute Gasteiger partial charge is 0.425 e. The summed E-state index contributed by atoms with van der Waals surface area (Å²) in [5, 5.41) is 0. The van der Waals surface area contributed by atoms with Gasteiger partial charge in [0.2, 0.25) is 0 Å². The number of rotatable bonds is 1. The maximum absolute atomic E-state index is 14.1. The Morgan fingerprint density at radius 3 is 1.09 bits per heavy atom. The zero-order valence-electron chi connectivity index (χ0n) is 10.3. The molecule has 1 aliphatic heterocycles. The lowest BCUT2D eigenvalue weighted by Crippen LogP contribution is -2.02. The molecule has 0 aromatic carbocycles. The Labute approximate surface area is 119 Å². The third-order valence-electron chi connectivity index (χ3n) is 1.60. The molecule has 1 rings (SSSR count). The molecule has 0 radical (unpaired) electrons. The fraction of sp³-hybridized carbons (Fsp3) is 1.00. The molecule has 1 atom stereocenters. The summed E-state index contributed by atoms with van der Waals surface area (Å²) in [4.78, 5) is 0. The van der Waals surface area contributed by atoms with Crippen molar-refractivity contribution in [2.75, 3.05) is 14.1 Å². The van der Waals surface area contributed by atoms with Crippen LogP contribution in [0.15, 0.2) is 22.6 Å². The van der Waals surface area contributed by atoms with Gasteiger partial charge in [0.15, 0.2) is 0 Å². The van der Waals surface area contributed by atoms with Crippen LogP contribution in [0, 0.1) is 0 Å². The first-order valence-electron chi connectivity index (χ1n) is 4.62. The molecule has 0 aliphatic carbocycles. The van der Waals surface area contributed by atoms with Crippen molar-refractivity contribution in [3.8, 4) is 0 Å². The molecule has 0 amide bonds. The Hall–Kier alpha value is 0.480. The van der Waals surface area contributed by atoms with Crippen molar-refractivity contribution in [1.29, 1.82) is 0 Å². The fourth-order valence-corrected chi connectivity index (χ4v) is 9.82. The minimum Gasteiger partial charge on any atom is -0.232 e. The molecule has 0 saturated carbocycles. The van der Waals surface area contributed by atoms with Crippen LogP contribution in [0.2, 0.25) is 0 Å². The summed E-state index contributed by atoms with van der Waals surface area (Å²) in [5.41, 5.74) is 0. The van der Waals surface area contributed by atoms with Crippen LogP contribution in [0.1, 0.15) is 0 Å². The van der Waals surface area contributed by atoms with Gasteiger partial charge >= 0.3 is 39.0 Å². The smallest absolute Gasteiger partial charge is 0.232 e. The zero-order chi connectivity index (χ0) is 17.6. The first kappa shape index (κ1) is 20.5. The van der Waals surface area contributed by atoms with E-state index in [0.717, 1.165) is 0 Å². The van der Waals surface area contributed by atoms with Crippen LogP contribution in [-0.2, 0) is 0 Å². The number of hydrogen-bond donors (Lipinski definition) is 0. The molecule has 22 heavy (non-hydrogen) atoms. The molecule has 0 fully saturated rings. The summed E-state index contributed by atoms with van der Waals surface area (Å²) in [6, 6.07) is 0. The second-order valence-electron chi connectivity index (χ2n) is 3.61. The van der Waals surface area contributed by atoms with Gasteiger partial charge in [-0.3, -0.25) is 0 Å². The maximum Gasteiger partial charge on any atom is 0.425 e. The number of nitrogens with zero attached hydrogens (tertiary/aromatic N) is 6. The van der Waals surface area contributed by atoms with E-state index in [1.165, 1.54) is 13.5 Å². The van der Waals surface area contributed by atoms with Gasteiger partial charge in [0.05, 0.1) is 0 Å². The minimum absolute atomic E-state index is 0.0752. The lowest BCUT2D eigenvalue weighted by atomic mass is 11.3. The van der Waals surface area contributed by atoms with Crippen LogP contribution in [0.4, 0.5) is 37.8 Å². The quantitative estimate of drug-likeness (QED) is 0.297. The van der Waals surface area contributed by atoms with Crippen molar-refractivity contribution >= 4 is 39.0 Å². The Balaban J connectivity index is 4.05. The molecule has 20 heteroatoms. The normalized spacial score (nSPS) is 32.5. The lowest BCUT2D eigenvalue weighted by molar-refractivity contribution is 0.606. The van der Waals surface area contributed by atoms with Crippen molar-refractivity contribution < 1.29 is 37.8 Å². The summed E-state index contributed by atoms with van der Waals surface area (Å²) in [6.45, 7) is 0. The van der Waals surface area contributed by atoms with Gasteiger partial charge in [-0.1, -0.05) is 0 Å². The molecule has 1 heterocycles. The lowest BCUT2D eigenvalue weighted by Gasteiger charge is -2.19. The number of hydrogen-bond acceptors (Lipinski definition) is 6. The van der Waals surface area contributed by atoms with E-state index in [2.05, 4.69) is 0 Å². The molecule has 1 aliphatic rings. The number of halogens is 9. The molecule has 0 N–H and O–H groups in total. The summed E-state index contributed by atoms with van der Waals surface area (Å²) in [5.74, 6) is 0. The van der Waals surface area contributed by atoms with Crippen LogP contribution in [-0.4, -0.2) is 18.8 Å². The average molecular weight is 440 g/mol. The molecular formula is C2H6F9N6P5. The predicted molar refractivity (Wildman–Crippen MR) is 70.4 cm³/mol. The van der Waals surface area contributed by atoms with Gasteiger partial charge in [-0.2, -0.15) is 4.20 Å². The van der Waals surface area contributed by atoms with Gasteiger partial charge in [-0.05, 0) is 14.1 Å². The van der Waals surface area contributed by atoms with Crippen molar-refractivity contribution in [2.24, 2.45) is 22.6 Å². The highest BCUT2D eigenvalue weighted by Gasteiger charge is 2.40. The van der Waals surface area contributed by atoms with Gasteiger partial charge < -0.3 is 0 Å². The van der Waals surface area contributed by atoms with E-state index in [4.69, 9.17) is 0 Å². The van der Waals surface area contributed by atoms with E-state index >= 15 is 0 Å². The Kier molecular flexibility index (Phi) is 5.68. The third kappa shape index (κ3) is 5.84. The second-order valence-corrected chi connectivity index (χ2v) is 12.6. The Morgan fingerprint density at radius 2 is 0.773 bits per heavy atom. The Bertz CT molecular complexity index is 718. The highest BCUT2D eigenvalue weighted by atomic mass is 31.3. The molecule has 132 valence electrons. The Morgan fingerprint density at radius 1 is 0.500 bits per heavy atom. The molecule has 0 saturated heterocycles. The van der Waals surface area contributed by atoms with E-state index in [0.29, 0.717) is 14.1 Å². The highest BCUT2D eigenvalue weighted by Crippen LogP contribution is 2.82. The van der Waals surface area contributed by atoms with E-state index in [1.807, 2.05) is 9.03 Å². The standard InChI is InChI=1S/C2H6F9N6P5/c1-17(2)22(11)15-20(7,8)13-18(3,4)12-19(5,6)14-21(9,10)16-22/h1-2H3. The molecular weight excluding hydrogens is 434 g/mol. The van der Waals surface area contributed by atoms with E-state index in [-0.39, 0.29) is 4.67 Å². The van der Waals surface area contributed by atoms with Gasteiger partial charge in [0.1, 0.15) is 0 Å². The molecule has 1 unspecified atom stereocenters. The minimum atomic E-state index is -6.70. The monoisotopic (exact) mass is 440 g/mol. The van der Waals surface area contributed by atoms with Crippen LogP contribution in [0.3, 0.4) is 0 Å². The highest BCUT2D eigenvalue weighted by molar-refractivity contribution is 7.78. The first-order chi connectivity index (χ1) is 9.48. The van der Waals surface area contributed by atoms with E-state index < -0.39 is 39.0 Å². The van der Waals surface area contributed by atoms with Gasteiger partial charge in [0.25, 0.3) is 0 Å². The summed E-state index contributed by atoms with van der Waals surface area (Å²) >= 11 is 0.